The van der Waals surface area contributed by atoms with Gasteiger partial charge in [-0.1, -0.05) is 12.1 Å². The van der Waals surface area contributed by atoms with E-state index < -0.39 is 0 Å². The lowest BCUT2D eigenvalue weighted by Gasteiger charge is -2.22. The van der Waals surface area contributed by atoms with Crippen LogP contribution in [0, 0.1) is 6.92 Å². The van der Waals surface area contributed by atoms with Crippen molar-refractivity contribution in [2.45, 2.75) is 52.7 Å². The molecule has 0 spiro atoms. The summed E-state index contributed by atoms with van der Waals surface area (Å²) in [6, 6.07) is 5.94. The van der Waals surface area contributed by atoms with Gasteiger partial charge in [0.1, 0.15) is 12.4 Å². The summed E-state index contributed by atoms with van der Waals surface area (Å²) in [5, 5.41) is 12.7. The second kappa shape index (κ2) is 9.45. The van der Waals surface area contributed by atoms with Crippen LogP contribution in [0.4, 0.5) is 4.79 Å². The fraction of sp³-hybridized carbons (Fsp3) is 0.476. The number of aryl methyl sites for hydroxylation is 2. The second-order valence-corrected chi connectivity index (χ2v) is 7.61. The zero-order chi connectivity index (χ0) is 20.8. The molecule has 3 rings (SSSR count). The second-order valence-electron chi connectivity index (χ2n) is 7.61. The lowest BCUT2D eigenvalue weighted by Crippen LogP contribution is -2.43. The molecule has 1 aliphatic heterocycles. The molecule has 0 unspecified atom stereocenters. The summed E-state index contributed by atoms with van der Waals surface area (Å²) < 4.78 is 5.80. The minimum Gasteiger partial charge on any atom is -0.491 e. The molecular formula is C21H29N5O3. The number of nitrogens with zero attached hydrogens (tertiary/aromatic N) is 2. The number of H-pyrrole nitrogens is 1. The van der Waals surface area contributed by atoms with Gasteiger partial charge in [-0.05, 0) is 38.8 Å². The Morgan fingerprint density at radius 1 is 1.34 bits per heavy atom. The summed E-state index contributed by atoms with van der Waals surface area (Å²) >= 11 is 0. The molecule has 1 aromatic heterocycles. The van der Waals surface area contributed by atoms with Crippen molar-refractivity contribution in [3.8, 4) is 5.75 Å². The Balaban J connectivity index is 1.56. The Bertz CT molecular complexity index is 862. The molecular weight excluding hydrogens is 370 g/mol. The number of amides is 3. The fourth-order valence-electron chi connectivity index (χ4n) is 3.21. The lowest BCUT2D eigenvalue weighted by atomic mass is 10.0. The lowest BCUT2D eigenvalue weighted by molar-refractivity contribution is -0.121. The van der Waals surface area contributed by atoms with Crippen LogP contribution in [0.3, 0.4) is 0 Å². The number of carbonyl (C=O) groups excluding carboxylic acids is 2. The summed E-state index contributed by atoms with van der Waals surface area (Å²) in [7, 11) is 0. The normalized spacial score (nSPS) is 13.4. The van der Waals surface area contributed by atoms with Gasteiger partial charge >= 0.3 is 6.03 Å². The molecule has 0 fully saturated rings. The Morgan fingerprint density at radius 2 is 2.17 bits per heavy atom. The van der Waals surface area contributed by atoms with Gasteiger partial charge in [-0.15, -0.1) is 0 Å². The number of rotatable bonds is 6. The van der Waals surface area contributed by atoms with E-state index >= 15 is 0 Å². The number of aromatic nitrogens is 2. The molecule has 156 valence electrons. The highest BCUT2D eigenvalue weighted by molar-refractivity contribution is 5.76. The molecule has 3 N–H and O–H groups in total. The molecule has 0 saturated carbocycles. The van der Waals surface area contributed by atoms with Crippen LogP contribution < -0.4 is 15.4 Å². The highest BCUT2D eigenvalue weighted by atomic mass is 16.5. The van der Waals surface area contributed by atoms with Crippen LogP contribution in [0.15, 0.2) is 24.4 Å². The van der Waals surface area contributed by atoms with Crippen molar-refractivity contribution < 1.29 is 14.3 Å². The molecule has 0 saturated heterocycles. The van der Waals surface area contributed by atoms with E-state index in [9.17, 15) is 9.59 Å². The molecule has 0 radical (unpaired) electrons. The standard InChI is InChI=1S/C21H29N5O3/c1-14(2)24-21(28)26-8-9-29-19-6-4-16(10-17(19)13-26)5-7-20(27)22-11-18-12-23-25-15(18)3/h4,6,10,12,14H,5,7-9,11,13H2,1-3H3,(H,22,27)(H,23,25)(H,24,28). The van der Waals surface area contributed by atoms with E-state index in [1.165, 1.54) is 0 Å². The number of hydrogen-bond acceptors (Lipinski definition) is 4. The molecule has 2 aromatic rings. The summed E-state index contributed by atoms with van der Waals surface area (Å²) in [5.74, 6) is 0.795. The van der Waals surface area contributed by atoms with Crippen LogP contribution >= 0.6 is 0 Å². The Morgan fingerprint density at radius 3 is 2.90 bits per heavy atom. The molecule has 2 heterocycles. The number of aromatic amines is 1. The molecule has 1 aromatic carbocycles. The van der Waals surface area contributed by atoms with E-state index in [1.54, 1.807) is 11.1 Å². The van der Waals surface area contributed by atoms with Crippen molar-refractivity contribution in [1.29, 1.82) is 0 Å². The van der Waals surface area contributed by atoms with Crippen LogP contribution in [0.2, 0.25) is 0 Å². The van der Waals surface area contributed by atoms with Crippen molar-refractivity contribution in [1.82, 2.24) is 25.7 Å². The first-order chi connectivity index (χ1) is 13.9. The SMILES string of the molecule is Cc1[nH]ncc1CNC(=O)CCc1ccc2c(c1)CN(C(=O)NC(C)C)CCO2. The van der Waals surface area contributed by atoms with Gasteiger partial charge in [0.05, 0.1) is 19.3 Å². The van der Waals surface area contributed by atoms with Crippen molar-refractivity contribution in [3.63, 3.8) is 0 Å². The van der Waals surface area contributed by atoms with E-state index in [-0.39, 0.29) is 18.0 Å². The highest BCUT2D eigenvalue weighted by Gasteiger charge is 2.20. The molecule has 0 atom stereocenters. The average Bonchev–Trinajstić information content (AvgIpc) is 2.96. The molecule has 8 nitrogen and oxygen atoms in total. The van der Waals surface area contributed by atoms with Crippen LogP contribution in [-0.2, 0) is 24.3 Å². The fourth-order valence-corrected chi connectivity index (χ4v) is 3.21. The summed E-state index contributed by atoms with van der Waals surface area (Å²) in [6.07, 6.45) is 2.75. The largest absolute Gasteiger partial charge is 0.491 e. The number of carbonyl (C=O) groups is 2. The van der Waals surface area contributed by atoms with Crippen LogP contribution in [-0.4, -0.2) is 46.2 Å². The minimum atomic E-state index is -0.0872. The zero-order valence-electron chi connectivity index (χ0n) is 17.2. The van der Waals surface area contributed by atoms with E-state index in [2.05, 4.69) is 20.8 Å². The monoisotopic (exact) mass is 399 g/mol. The number of ether oxygens (including phenoxy) is 1. The predicted molar refractivity (Wildman–Crippen MR) is 110 cm³/mol. The van der Waals surface area contributed by atoms with Gasteiger partial charge in [0, 0.05) is 35.8 Å². The highest BCUT2D eigenvalue weighted by Crippen LogP contribution is 2.25. The maximum absolute atomic E-state index is 12.4. The van der Waals surface area contributed by atoms with Crippen LogP contribution in [0.1, 0.15) is 42.7 Å². The van der Waals surface area contributed by atoms with Gasteiger partial charge in [-0.2, -0.15) is 5.10 Å². The minimum absolute atomic E-state index is 0.00488. The van der Waals surface area contributed by atoms with E-state index in [0.29, 0.717) is 39.1 Å². The first-order valence-electron chi connectivity index (χ1n) is 9.98. The number of fused-ring (bicyclic) bond motifs is 1. The van der Waals surface area contributed by atoms with Crippen LogP contribution in [0.25, 0.3) is 0 Å². The third kappa shape index (κ3) is 5.73. The average molecular weight is 399 g/mol. The van der Waals surface area contributed by atoms with Crippen LogP contribution in [0.5, 0.6) is 5.75 Å². The number of urea groups is 1. The molecule has 0 aliphatic carbocycles. The van der Waals surface area contributed by atoms with Gasteiger partial charge in [0.15, 0.2) is 0 Å². The topological polar surface area (TPSA) is 99.4 Å². The molecule has 3 amide bonds. The van der Waals surface area contributed by atoms with Gasteiger partial charge in [0.2, 0.25) is 5.91 Å². The predicted octanol–water partition coefficient (Wildman–Crippen LogP) is 2.28. The first-order valence-corrected chi connectivity index (χ1v) is 9.98. The quantitative estimate of drug-likeness (QED) is 0.694. The Kier molecular flexibility index (Phi) is 6.74. The van der Waals surface area contributed by atoms with Gasteiger partial charge in [-0.25, -0.2) is 4.79 Å². The summed E-state index contributed by atoms with van der Waals surface area (Å²) in [4.78, 5) is 26.3. The molecule has 8 heteroatoms. The molecule has 0 bridgehead atoms. The summed E-state index contributed by atoms with van der Waals surface area (Å²) in [6.45, 7) is 7.78. The Hall–Kier alpha value is -3.03. The third-order valence-electron chi connectivity index (χ3n) is 4.86. The maximum atomic E-state index is 12.4. The zero-order valence-corrected chi connectivity index (χ0v) is 17.2. The molecule has 29 heavy (non-hydrogen) atoms. The van der Waals surface area contributed by atoms with Crippen molar-refractivity contribution in [2.24, 2.45) is 0 Å². The summed E-state index contributed by atoms with van der Waals surface area (Å²) in [5.41, 5.74) is 3.96. The Labute approximate surface area is 171 Å². The number of hydrogen-bond donors (Lipinski definition) is 3. The third-order valence-corrected chi connectivity index (χ3v) is 4.86. The number of benzene rings is 1. The van der Waals surface area contributed by atoms with E-state index in [0.717, 1.165) is 28.1 Å². The van der Waals surface area contributed by atoms with Crippen molar-refractivity contribution in [2.75, 3.05) is 13.2 Å². The maximum Gasteiger partial charge on any atom is 0.318 e. The van der Waals surface area contributed by atoms with Crippen molar-refractivity contribution in [3.05, 3.63) is 46.8 Å². The van der Waals surface area contributed by atoms with Gasteiger partial charge < -0.3 is 20.3 Å². The van der Waals surface area contributed by atoms with Crippen molar-refractivity contribution >= 4 is 11.9 Å². The van der Waals surface area contributed by atoms with E-state index in [1.807, 2.05) is 39.0 Å². The molecule has 1 aliphatic rings. The number of nitrogens with one attached hydrogen (secondary N) is 3. The van der Waals surface area contributed by atoms with E-state index in [4.69, 9.17) is 4.74 Å². The van der Waals surface area contributed by atoms with Gasteiger partial charge in [-0.3, -0.25) is 9.89 Å². The van der Waals surface area contributed by atoms with Gasteiger partial charge in [0.25, 0.3) is 0 Å². The smallest absolute Gasteiger partial charge is 0.318 e. The first kappa shape index (κ1) is 20.7.